The van der Waals surface area contributed by atoms with Gasteiger partial charge in [0.1, 0.15) is 18.2 Å². The van der Waals surface area contributed by atoms with Crippen LogP contribution in [0.4, 0.5) is 0 Å². The van der Waals surface area contributed by atoms with Gasteiger partial charge >= 0.3 is 0 Å². The summed E-state index contributed by atoms with van der Waals surface area (Å²) in [5, 5.41) is 0.683. The second kappa shape index (κ2) is 6.40. The minimum absolute atomic E-state index is 0.00383. The molecule has 2 fully saturated rings. The van der Waals surface area contributed by atoms with Crippen LogP contribution < -0.4 is 4.74 Å². The molecular formula is C18H18ClN3O2. The number of benzene rings is 1. The maximum atomic E-state index is 12.8. The number of carbonyl (C=O) groups is 1. The van der Waals surface area contributed by atoms with E-state index in [1.807, 2.05) is 17.0 Å². The van der Waals surface area contributed by atoms with Gasteiger partial charge in [0, 0.05) is 30.1 Å². The molecule has 0 bridgehead atoms. The molecule has 5 nitrogen and oxygen atoms in total. The van der Waals surface area contributed by atoms with E-state index in [0.717, 1.165) is 30.7 Å². The van der Waals surface area contributed by atoms with Crippen molar-refractivity contribution in [2.45, 2.75) is 31.3 Å². The summed E-state index contributed by atoms with van der Waals surface area (Å²) in [4.78, 5) is 23.0. The highest BCUT2D eigenvalue weighted by Crippen LogP contribution is 2.40. The zero-order valence-corrected chi connectivity index (χ0v) is 13.9. The number of likely N-dealkylation sites (tertiary alicyclic amines) is 1. The van der Waals surface area contributed by atoms with Crippen LogP contribution in [0.1, 0.15) is 41.2 Å². The van der Waals surface area contributed by atoms with Gasteiger partial charge in [-0.25, -0.2) is 9.97 Å². The lowest BCUT2D eigenvalue weighted by atomic mass is 10.1. The van der Waals surface area contributed by atoms with Crippen LogP contribution in [0, 0.1) is 0 Å². The lowest BCUT2D eigenvalue weighted by Crippen LogP contribution is -2.31. The summed E-state index contributed by atoms with van der Waals surface area (Å²) in [6.45, 7) is 1.27. The van der Waals surface area contributed by atoms with Crippen molar-refractivity contribution >= 4 is 17.5 Å². The average Bonchev–Trinajstić information content (AvgIpc) is 3.35. The summed E-state index contributed by atoms with van der Waals surface area (Å²) in [6, 6.07) is 7.31. The van der Waals surface area contributed by atoms with Crippen LogP contribution >= 0.6 is 11.6 Å². The van der Waals surface area contributed by atoms with Crippen molar-refractivity contribution in [3.63, 3.8) is 0 Å². The first-order valence-electron chi connectivity index (χ1n) is 8.22. The van der Waals surface area contributed by atoms with Gasteiger partial charge < -0.3 is 9.64 Å². The topological polar surface area (TPSA) is 55.3 Å². The summed E-state index contributed by atoms with van der Waals surface area (Å²) in [7, 11) is 0. The number of ether oxygens (including phenoxy) is 1. The van der Waals surface area contributed by atoms with Crippen molar-refractivity contribution < 1.29 is 9.53 Å². The van der Waals surface area contributed by atoms with Crippen molar-refractivity contribution in [2.75, 3.05) is 13.1 Å². The van der Waals surface area contributed by atoms with Crippen molar-refractivity contribution in [1.82, 2.24) is 14.9 Å². The smallest absolute Gasteiger partial charge is 0.257 e. The molecule has 2 aliphatic rings. The fourth-order valence-corrected chi connectivity index (χ4v) is 3.20. The monoisotopic (exact) mass is 343 g/mol. The molecule has 0 unspecified atom stereocenters. The second-order valence-electron chi connectivity index (χ2n) is 6.33. The molecule has 0 N–H and O–H groups in total. The molecule has 0 radical (unpaired) electrons. The van der Waals surface area contributed by atoms with Crippen LogP contribution in [-0.2, 0) is 0 Å². The molecule has 1 saturated heterocycles. The maximum absolute atomic E-state index is 12.8. The van der Waals surface area contributed by atoms with Crippen molar-refractivity contribution in [3.8, 4) is 5.75 Å². The predicted molar refractivity (Wildman–Crippen MR) is 90.4 cm³/mol. The Morgan fingerprint density at radius 2 is 2.00 bits per heavy atom. The van der Waals surface area contributed by atoms with Crippen LogP contribution in [0.5, 0.6) is 5.75 Å². The molecule has 1 aliphatic heterocycles. The lowest BCUT2D eigenvalue weighted by molar-refractivity contribution is 0.0770. The standard InChI is InChI=1S/C18H18ClN3O2/c19-13-3-5-14(6-4-13)24-15-7-8-22(10-15)18(23)16-9-20-11-21-17(16)12-1-2-12/h3-6,9,11-12,15H,1-2,7-8,10H2/t15-/m0/s1. The summed E-state index contributed by atoms with van der Waals surface area (Å²) in [5.41, 5.74) is 1.55. The molecule has 1 atom stereocenters. The Kier molecular flexibility index (Phi) is 4.10. The normalized spacial score (nSPS) is 20.2. The number of hydrogen-bond donors (Lipinski definition) is 0. The highest BCUT2D eigenvalue weighted by molar-refractivity contribution is 6.30. The van der Waals surface area contributed by atoms with Crippen molar-refractivity contribution in [3.05, 3.63) is 53.1 Å². The van der Waals surface area contributed by atoms with Gasteiger partial charge in [0.15, 0.2) is 0 Å². The van der Waals surface area contributed by atoms with Crippen molar-refractivity contribution in [1.29, 1.82) is 0 Å². The summed E-state index contributed by atoms with van der Waals surface area (Å²) >= 11 is 5.89. The van der Waals surface area contributed by atoms with Crippen molar-refractivity contribution in [2.24, 2.45) is 0 Å². The Bertz CT molecular complexity index is 746. The van der Waals surface area contributed by atoms with Gasteiger partial charge in [-0.15, -0.1) is 0 Å². The van der Waals surface area contributed by atoms with Gasteiger partial charge in [-0.2, -0.15) is 0 Å². The average molecular weight is 344 g/mol. The van der Waals surface area contributed by atoms with E-state index in [1.54, 1.807) is 18.3 Å². The van der Waals surface area contributed by atoms with E-state index in [-0.39, 0.29) is 12.0 Å². The van der Waals surface area contributed by atoms with Gasteiger partial charge in [-0.1, -0.05) is 11.6 Å². The SMILES string of the molecule is O=C(c1cncnc1C1CC1)N1CC[C@H](Oc2ccc(Cl)cc2)C1. The van der Waals surface area contributed by atoms with Crippen LogP contribution in [-0.4, -0.2) is 40.0 Å². The van der Waals surface area contributed by atoms with E-state index in [0.29, 0.717) is 29.6 Å². The van der Waals surface area contributed by atoms with E-state index < -0.39 is 0 Å². The molecule has 1 aromatic carbocycles. The largest absolute Gasteiger partial charge is 0.489 e. The van der Waals surface area contributed by atoms with Crippen LogP contribution in [0.2, 0.25) is 5.02 Å². The number of halogens is 1. The molecule has 1 saturated carbocycles. The molecule has 1 aromatic heterocycles. The maximum Gasteiger partial charge on any atom is 0.257 e. The Morgan fingerprint density at radius 1 is 1.21 bits per heavy atom. The van der Waals surface area contributed by atoms with Gasteiger partial charge in [0.05, 0.1) is 17.8 Å². The van der Waals surface area contributed by atoms with E-state index in [9.17, 15) is 4.79 Å². The van der Waals surface area contributed by atoms with Gasteiger partial charge in [0.25, 0.3) is 5.91 Å². The molecule has 124 valence electrons. The minimum Gasteiger partial charge on any atom is -0.489 e. The number of rotatable bonds is 4. The number of aromatic nitrogens is 2. The highest BCUT2D eigenvalue weighted by atomic mass is 35.5. The molecule has 2 aromatic rings. The zero-order valence-electron chi connectivity index (χ0n) is 13.2. The van der Waals surface area contributed by atoms with Crippen LogP contribution in [0.15, 0.2) is 36.8 Å². The number of nitrogens with zero attached hydrogens (tertiary/aromatic N) is 3. The predicted octanol–water partition coefficient (Wildman–Crippen LogP) is 3.30. The minimum atomic E-state index is 0.00383. The van der Waals surface area contributed by atoms with Crippen LogP contribution in [0.25, 0.3) is 0 Å². The summed E-state index contributed by atoms with van der Waals surface area (Å²) < 4.78 is 5.95. The molecule has 24 heavy (non-hydrogen) atoms. The fraction of sp³-hybridized carbons (Fsp3) is 0.389. The van der Waals surface area contributed by atoms with Gasteiger partial charge in [-0.05, 0) is 37.1 Å². The number of carbonyl (C=O) groups excluding carboxylic acids is 1. The van der Waals surface area contributed by atoms with Gasteiger partial charge in [0.2, 0.25) is 0 Å². The van der Waals surface area contributed by atoms with Gasteiger partial charge in [-0.3, -0.25) is 4.79 Å². The molecular weight excluding hydrogens is 326 g/mol. The number of hydrogen-bond acceptors (Lipinski definition) is 4. The fourth-order valence-electron chi connectivity index (χ4n) is 3.07. The van der Waals surface area contributed by atoms with E-state index in [2.05, 4.69) is 9.97 Å². The Hall–Kier alpha value is -2.14. The Labute approximate surface area is 145 Å². The van der Waals surface area contributed by atoms with E-state index in [4.69, 9.17) is 16.3 Å². The third-order valence-electron chi connectivity index (χ3n) is 4.49. The number of amides is 1. The molecule has 1 amide bonds. The molecule has 0 spiro atoms. The highest BCUT2D eigenvalue weighted by Gasteiger charge is 2.34. The zero-order chi connectivity index (χ0) is 16.5. The second-order valence-corrected chi connectivity index (χ2v) is 6.77. The van der Waals surface area contributed by atoms with E-state index >= 15 is 0 Å². The molecule has 6 heteroatoms. The quantitative estimate of drug-likeness (QED) is 0.854. The first kappa shape index (κ1) is 15.4. The first-order valence-corrected chi connectivity index (χ1v) is 8.60. The summed E-state index contributed by atoms with van der Waals surface area (Å²) in [5.74, 6) is 1.22. The molecule has 2 heterocycles. The lowest BCUT2D eigenvalue weighted by Gasteiger charge is -2.18. The third-order valence-corrected chi connectivity index (χ3v) is 4.74. The third kappa shape index (κ3) is 3.22. The molecule has 1 aliphatic carbocycles. The van der Waals surface area contributed by atoms with E-state index in [1.165, 1.54) is 6.33 Å². The Balaban J connectivity index is 1.43. The first-order chi connectivity index (χ1) is 11.7. The summed E-state index contributed by atoms with van der Waals surface area (Å²) in [6.07, 6.45) is 6.22. The Morgan fingerprint density at radius 3 is 2.75 bits per heavy atom. The van der Waals surface area contributed by atoms with Crippen LogP contribution in [0.3, 0.4) is 0 Å². The molecule has 4 rings (SSSR count).